The Bertz CT molecular complexity index is 12.0. The summed E-state index contributed by atoms with van der Waals surface area (Å²) in [5, 5.41) is 0. The third-order valence-corrected chi connectivity index (χ3v) is 1.50. The third kappa shape index (κ3) is 0.228. The van der Waals surface area contributed by atoms with Gasteiger partial charge in [0.1, 0.15) is 0 Å². The number of hydrogen-bond donors (Lipinski definition) is 0. The van der Waals surface area contributed by atoms with Crippen LogP contribution in [0.15, 0.2) is 0 Å². The molecule has 0 spiro atoms. The fourth-order valence-corrected chi connectivity index (χ4v) is 0.375. The van der Waals surface area contributed by atoms with E-state index in [-0.39, 0.29) is 0 Å². The average molecular weight is 88.2 g/mol. The summed E-state index contributed by atoms with van der Waals surface area (Å²) >= 11 is 0. The molecule has 1 aliphatic heterocycles. The quantitative estimate of drug-likeness (QED) is 0.357. The van der Waals surface area contributed by atoms with Crippen LogP contribution in [0.25, 0.3) is 0 Å². The molecule has 0 aromatic rings. The molecule has 0 saturated carbocycles. The van der Waals surface area contributed by atoms with E-state index in [1.54, 1.807) is 0 Å². The molecule has 1 fully saturated rings. The molecule has 2 nitrogen and oxygen atoms in total. The van der Waals surface area contributed by atoms with Crippen LogP contribution in [0.5, 0.6) is 0 Å². The van der Waals surface area contributed by atoms with E-state index in [0.717, 1.165) is 0 Å². The predicted octanol–water partition coefficient (Wildman–Crippen LogP) is -0.898. The van der Waals surface area contributed by atoms with E-state index in [1.807, 2.05) is 0 Å². The minimum absolute atomic E-state index is 0.333. The van der Waals surface area contributed by atoms with Crippen molar-refractivity contribution in [3.05, 3.63) is 0 Å². The molecule has 1 saturated heterocycles. The summed E-state index contributed by atoms with van der Waals surface area (Å²) in [6, 6.07) is 0. The van der Waals surface area contributed by atoms with Gasteiger partial charge in [-0.3, -0.25) is 0 Å². The van der Waals surface area contributed by atoms with E-state index < -0.39 is 0 Å². The zero-order valence-corrected chi connectivity index (χ0v) is 3.82. The molecule has 20 valence electrons. The fourth-order valence-electron chi connectivity index (χ4n) is 0.0417. The van der Waals surface area contributed by atoms with Crippen molar-refractivity contribution < 1.29 is 8.23 Å². The van der Waals surface area contributed by atoms with Crippen LogP contribution in [0, 0.1) is 0 Å². The van der Waals surface area contributed by atoms with Gasteiger partial charge in [0, 0.05) is 0 Å². The highest BCUT2D eigenvalue weighted by atomic mass is 28.4. The molecule has 4 heavy (non-hydrogen) atoms. The molecule has 0 bridgehead atoms. The minimum atomic E-state index is 0.333. The van der Waals surface area contributed by atoms with Gasteiger partial charge in [0.15, 0.2) is 0 Å². The Kier molecular flexibility index (Phi) is 0.633. The Labute approximate surface area is 29.2 Å². The van der Waals surface area contributed by atoms with Gasteiger partial charge in [-0.1, -0.05) is 0 Å². The largest absolute Gasteiger partial charge is 0.412 e. The van der Waals surface area contributed by atoms with Crippen LogP contribution in [0.2, 0.25) is 0 Å². The normalized spacial score (nSPS) is 24.0. The second-order valence-corrected chi connectivity index (χ2v) is 2.34. The topological polar surface area (TPSA) is 18.5 Å². The van der Waals surface area contributed by atoms with Gasteiger partial charge in [0.25, 0.3) is 0 Å². The Morgan fingerprint density at radius 1 is 1.00 bits per heavy atom. The highest BCUT2D eigenvalue weighted by Crippen LogP contribution is 1.78. The molecule has 4 radical (unpaired) electrons. The first-order chi connectivity index (χ1) is 2.00. The third-order valence-electron chi connectivity index (χ3n) is 0.167. The molecular weight excluding hydrogens is 88.2 g/mol. The van der Waals surface area contributed by atoms with Crippen molar-refractivity contribution in [1.29, 1.82) is 0 Å². The second kappa shape index (κ2) is 0.980. The molecule has 0 atom stereocenters. The Balaban J connectivity index is 2.00. The smallest absolute Gasteiger partial charge is 0.412 e. The molecule has 0 aliphatic carbocycles. The lowest BCUT2D eigenvalue weighted by Gasteiger charge is -2.04. The summed E-state index contributed by atoms with van der Waals surface area (Å²) in [4.78, 5) is 0. The Hall–Kier alpha value is 0.354. The standard InChI is InChI=1S/O2Si2/c1-3-2-4-1. The molecule has 0 unspecified atom stereocenters. The van der Waals surface area contributed by atoms with Crippen molar-refractivity contribution in [3.8, 4) is 0 Å². The summed E-state index contributed by atoms with van der Waals surface area (Å²) in [5.41, 5.74) is 0. The van der Waals surface area contributed by atoms with E-state index in [4.69, 9.17) is 0 Å². The molecule has 1 heterocycles. The summed E-state index contributed by atoms with van der Waals surface area (Å²) in [6.07, 6.45) is 0. The molecule has 0 amide bonds. The van der Waals surface area contributed by atoms with Crippen molar-refractivity contribution in [2.45, 2.75) is 0 Å². The lowest BCUT2D eigenvalue weighted by molar-refractivity contribution is 0.346. The van der Waals surface area contributed by atoms with Crippen LogP contribution in [0.1, 0.15) is 0 Å². The molecule has 0 aromatic carbocycles. The summed E-state index contributed by atoms with van der Waals surface area (Å²) in [7, 11) is 0.667. The van der Waals surface area contributed by atoms with Crippen LogP contribution in [-0.4, -0.2) is 20.0 Å². The van der Waals surface area contributed by atoms with Crippen molar-refractivity contribution in [1.82, 2.24) is 0 Å². The van der Waals surface area contributed by atoms with Gasteiger partial charge < -0.3 is 8.23 Å². The zero-order chi connectivity index (χ0) is 2.83. The maximum Gasteiger partial charge on any atom is 0.412 e. The average Bonchev–Trinajstić information content (AvgIpc) is 0.722. The van der Waals surface area contributed by atoms with Gasteiger partial charge in [-0.2, -0.15) is 0 Å². The lowest BCUT2D eigenvalue weighted by Crippen LogP contribution is -2.23. The Morgan fingerprint density at radius 2 is 1.25 bits per heavy atom. The predicted molar refractivity (Wildman–Crippen MR) is 13.7 cm³/mol. The van der Waals surface area contributed by atoms with Crippen LogP contribution in [0.3, 0.4) is 0 Å². The van der Waals surface area contributed by atoms with Gasteiger partial charge in [-0.15, -0.1) is 0 Å². The first-order valence-electron chi connectivity index (χ1n) is 0.816. The zero-order valence-electron chi connectivity index (χ0n) is 1.82. The first kappa shape index (κ1) is 2.58. The number of hydrogen-bond acceptors (Lipinski definition) is 2. The lowest BCUT2D eigenvalue weighted by atomic mass is 15.7. The van der Waals surface area contributed by atoms with Gasteiger partial charge in [0.2, 0.25) is 0 Å². The van der Waals surface area contributed by atoms with Crippen LogP contribution < -0.4 is 0 Å². The van der Waals surface area contributed by atoms with Crippen molar-refractivity contribution in [2.24, 2.45) is 0 Å². The maximum atomic E-state index is 4.56. The van der Waals surface area contributed by atoms with E-state index in [1.165, 1.54) is 0 Å². The highest BCUT2D eigenvalue weighted by molar-refractivity contribution is 6.49. The van der Waals surface area contributed by atoms with Crippen molar-refractivity contribution in [3.63, 3.8) is 0 Å². The molecule has 0 aromatic heterocycles. The molecular formula is O2Si2. The molecule has 1 rings (SSSR count). The second-order valence-electron chi connectivity index (χ2n) is 0.371. The SMILES string of the molecule is O1[Si]O[Si]1. The number of rotatable bonds is 0. The van der Waals surface area contributed by atoms with Crippen LogP contribution in [-0.2, 0) is 8.23 Å². The van der Waals surface area contributed by atoms with E-state index in [0.29, 0.717) is 20.0 Å². The first-order valence-corrected chi connectivity index (χ1v) is 2.45. The maximum absolute atomic E-state index is 4.56. The van der Waals surface area contributed by atoms with Gasteiger partial charge in [-0.05, 0) is 0 Å². The van der Waals surface area contributed by atoms with Gasteiger partial charge in [-0.25, -0.2) is 0 Å². The monoisotopic (exact) mass is 87.9 g/mol. The molecule has 0 N–H and O–H groups in total. The molecule has 4 heteroatoms. The Morgan fingerprint density at radius 3 is 1.25 bits per heavy atom. The van der Waals surface area contributed by atoms with Crippen molar-refractivity contribution in [2.75, 3.05) is 0 Å². The molecule has 1 aliphatic rings. The van der Waals surface area contributed by atoms with Gasteiger partial charge in [0.05, 0.1) is 0 Å². The van der Waals surface area contributed by atoms with Crippen molar-refractivity contribution >= 4 is 20.0 Å². The minimum Gasteiger partial charge on any atom is -0.412 e. The fraction of sp³-hybridized carbons (Fsp3) is 0. The summed E-state index contributed by atoms with van der Waals surface area (Å²) < 4.78 is 9.11. The van der Waals surface area contributed by atoms with Crippen LogP contribution >= 0.6 is 0 Å². The highest BCUT2D eigenvalue weighted by Gasteiger charge is 2.04. The van der Waals surface area contributed by atoms with Crippen LogP contribution in [0.4, 0.5) is 0 Å². The van der Waals surface area contributed by atoms with E-state index >= 15 is 0 Å². The van der Waals surface area contributed by atoms with E-state index in [9.17, 15) is 0 Å². The van der Waals surface area contributed by atoms with E-state index in [2.05, 4.69) is 8.23 Å². The summed E-state index contributed by atoms with van der Waals surface area (Å²) in [5.74, 6) is 0. The van der Waals surface area contributed by atoms with Gasteiger partial charge >= 0.3 is 20.0 Å². The summed E-state index contributed by atoms with van der Waals surface area (Å²) in [6.45, 7) is 0.